The van der Waals surface area contributed by atoms with Crippen LogP contribution >= 0.6 is 15.9 Å². The molecule has 8 heavy (non-hydrogen) atoms. The zero-order chi connectivity index (χ0) is 5.98. The van der Waals surface area contributed by atoms with Crippen LogP contribution in [0.5, 0.6) is 0 Å². The Hall–Kier alpha value is 0.440. The molecule has 1 N–H and O–H groups in total. The van der Waals surface area contributed by atoms with Gasteiger partial charge in [0.05, 0.1) is 4.95 Å². The first-order valence-electron chi connectivity index (χ1n) is 3.18. The van der Waals surface area contributed by atoms with E-state index >= 15 is 0 Å². The molecular weight excluding hydrogens is 166 g/mol. The molecular formula is C6H12BrN. The Kier molecular flexibility index (Phi) is 2.32. The molecule has 0 amide bonds. The lowest BCUT2D eigenvalue weighted by molar-refractivity contribution is 0.383. The average molecular weight is 178 g/mol. The van der Waals surface area contributed by atoms with E-state index < -0.39 is 0 Å². The van der Waals surface area contributed by atoms with Crippen LogP contribution in [0.4, 0.5) is 0 Å². The second-order valence-corrected chi connectivity index (χ2v) is 3.46. The number of rotatable bonds is 0. The quantitative estimate of drug-likeness (QED) is 0.440. The second kappa shape index (κ2) is 2.83. The molecule has 0 aromatic heterocycles. The van der Waals surface area contributed by atoms with Gasteiger partial charge in [0, 0.05) is 0 Å². The molecule has 0 aliphatic carbocycles. The number of hydrogen-bond acceptors (Lipinski definition) is 1. The normalized spacial score (nSPS) is 39.8. The van der Waals surface area contributed by atoms with E-state index in [1.165, 1.54) is 19.4 Å². The molecule has 0 radical (unpaired) electrons. The number of alkyl halides is 1. The fourth-order valence-corrected chi connectivity index (χ4v) is 1.50. The van der Waals surface area contributed by atoms with E-state index in [0.29, 0.717) is 4.95 Å². The van der Waals surface area contributed by atoms with Crippen molar-refractivity contribution < 1.29 is 0 Å². The Labute approximate surface area is 59.0 Å². The first kappa shape index (κ1) is 6.56. The van der Waals surface area contributed by atoms with Crippen molar-refractivity contribution in [2.45, 2.75) is 24.7 Å². The number of halogens is 1. The highest BCUT2D eigenvalue weighted by Crippen LogP contribution is 2.18. The average Bonchev–Trinajstić information content (AvgIpc) is 1.77. The van der Waals surface area contributed by atoms with Gasteiger partial charge in [-0.25, -0.2) is 0 Å². The van der Waals surface area contributed by atoms with E-state index in [9.17, 15) is 0 Å². The molecule has 48 valence electrons. The highest BCUT2D eigenvalue weighted by Gasteiger charge is 2.16. The van der Waals surface area contributed by atoms with E-state index in [1.54, 1.807) is 0 Å². The number of piperidine rings is 1. The lowest BCUT2D eigenvalue weighted by Crippen LogP contribution is -2.35. The van der Waals surface area contributed by atoms with Crippen LogP contribution in [-0.2, 0) is 0 Å². The van der Waals surface area contributed by atoms with Crippen molar-refractivity contribution in [1.29, 1.82) is 0 Å². The Morgan fingerprint density at radius 2 is 2.38 bits per heavy atom. The molecule has 0 aromatic rings. The topological polar surface area (TPSA) is 12.0 Å². The first-order valence-corrected chi connectivity index (χ1v) is 4.10. The molecule has 0 bridgehead atoms. The minimum atomic E-state index is 0.566. The van der Waals surface area contributed by atoms with Crippen molar-refractivity contribution in [3.05, 3.63) is 0 Å². The number of nitrogens with one attached hydrogen (secondary N) is 1. The van der Waals surface area contributed by atoms with Gasteiger partial charge in [-0.1, -0.05) is 22.9 Å². The molecule has 2 unspecified atom stereocenters. The molecule has 2 atom stereocenters. The van der Waals surface area contributed by atoms with Gasteiger partial charge in [0.15, 0.2) is 0 Å². The van der Waals surface area contributed by atoms with Gasteiger partial charge in [-0.2, -0.15) is 0 Å². The summed E-state index contributed by atoms with van der Waals surface area (Å²) in [6, 6.07) is 0. The molecule has 1 fully saturated rings. The van der Waals surface area contributed by atoms with Crippen LogP contribution in [0.15, 0.2) is 0 Å². The van der Waals surface area contributed by atoms with Gasteiger partial charge in [-0.15, -0.1) is 0 Å². The van der Waals surface area contributed by atoms with Crippen molar-refractivity contribution in [2.75, 3.05) is 6.54 Å². The molecule has 2 heteroatoms. The molecule has 1 heterocycles. The van der Waals surface area contributed by atoms with E-state index in [2.05, 4.69) is 28.2 Å². The van der Waals surface area contributed by atoms with Crippen LogP contribution in [0.2, 0.25) is 0 Å². The summed E-state index contributed by atoms with van der Waals surface area (Å²) in [6.45, 7) is 3.45. The van der Waals surface area contributed by atoms with Crippen molar-refractivity contribution in [1.82, 2.24) is 5.32 Å². The third-order valence-electron chi connectivity index (χ3n) is 1.68. The maximum atomic E-state index is 3.54. The van der Waals surface area contributed by atoms with Crippen LogP contribution in [0.25, 0.3) is 0 Å². The smallest absolute Gasteiger partial charge is 0.0656 e. The van der Waals surface area contributed by atoms with Crippen LogP contribution in [0, 0.1) is 5.92 Å². The van der Waals surface area contributed by atoms with Gasteiger partial charge in [0.25, 0.3) is 0 Å². The predicted octanol–water partition coefficient (Wildman–Crippen LogP) is 1.73. The molecule has 1 aliphatic heterocycles. The van der Waals surface area contributed by atoms with Gasteiger partial charge >= 0.3 is 0 Å². The van der Waals surface area contributed by atoms with E-state index in [0.717, 1.165) is 5.92 Å². The Bertz CT molecular complexity index is 64.9. The highest BCUT2D eigenvalue weighted by atomic mass is 79.9. The molecule has 1 saturated heterocycles. The Balaban J connectivity index is 2.28. The predicted molar refractivity (Wildman–Crippen MR) is 39.1 cm³/mol. The first-order chi connectivity index (χ1) is 3.80. The largest absolute Gasteiger partial charge is 0.305 e. The third-order valence-corrected chi connectivity index (χ3v) is 2.90. The fourth-order valence-electron chi connectivity index (χ4n) is 1.01. The molecule has 1 aliphatic rings. The Morgan fingerprint density at radius 1 is 1.62 bits per heavy atom. The van der Waals surface area contributed by atoms with Gasteiger partial charge in [-0.3, -0.25) is 0 Å². The minimum Gasteiger partial charge on any atom is -0.305 e. The summed E-state index contributed by atoms with van der Waals surface area (Å²) in [5, 5.41) is 3.35. The van der Waals surface area contributed by atoms with Crippen LogP contribution < -0.4 is 5.32 Å². The van der Waals surface area contributed by atoms with E-state index in [1.807, 2.05) is 0 Å². The zero-order valence-electron chi connectivity index (χ0n) is 5.15. The summed E-state index contributed by atoms with van der Waals surface area (Å²) in [5.41, 5.74) is 0. The summed E-state index contributed by atoms with van der Waals surface area (Å²) in [4.78, 5) is 0.566. The van der Waals surface area contributed by atoms with E-state index in [-0.39, 0.29) is 0 Å². The molecule has 0 saturated carbocycles. The summed E-state index contributed by atoms with van der Waals surface area (Å²) >= 11 is 3.54. The fraction of sp³-hybridized carbons (Fsp3) is 1.00. The van der Waals surface area contributed by atoms with Gasteiger partial charge in [0.2, 0.25) is 0 Å². The summed E-state index contributed by atoms with van der Waals surface area (Å²) in [7, 11) is 0. The van der Waals surface area contributed by atoms with Crippen molar-refractivity contribution in [3.8, 4) is 0 Å². The Morgan fingerprint density at radius 3 is 2.75 bits per heavy atom. The van der Waals surface area contributed by atoms with E-state index in [4.69, 9.17) is 0 Å². The zero-order valence-corrected chi connectivity index (χ0v) is 6.74. The van der Waals surface area contributed by atoms with Crippen LogP contribution in [-0.4, -0.2) is 11.5 Å². The lowest BCUT2D eigenvalue weighted by Gasteiger charge is -2.24. The molecule has 1 nitrogen and oxygen atoms in total. The standard InChI is InChI=1S/C6H12BrN/c1-5-3-2-4-8-6(5)7/h5-6,8H,2-4H2,1H3. The van der Waals surface area contributed by atoms with Crippen LogP contribution in [0.1, 0.15) is 19.8 Å². The summed E-state index contributed by atoms with van der Waals surface area (Å²) in [5.74, 6) is 0.809. The molecule has 0 spiro atoms. The van der Waals surface area contributed by atoms with Crippen LogP contribution in [0.3, 0.4) is 0 Å². The van der Waals surface area contributed by atoms with Crippen molar-refractivity contribution in [2.24, 2.45) is 5.92 Å². The SMILES string of the molecule is CC1CCCNC1Br. The number of hydrogen-bond donors (Lipinski definition) is 1. The molecule has 1 rings (SSSR count). The minimum absolute atomic E-state index is 0.566. The third kappa shape index (κ3) is 1.46. The van der Waals surface area contributed by atoms with Gasteiger partial charge < -0.3 is 5.32 Å². The van der Waals surface area contributed by atoms with Crippen molar-refractivity contribution in [3.63, 3.8) is 0 Å². The van der Waals surface area contributed by atoms with Crippen molar-refractivity contribution >= 4 is 15.9 Å². The lowest BCUT2D eigenvalue weighted by atomic mass is 10.0. The van der Waals surface area contributed by atoms with Gasteiger partial charge in [0.1, 0.15) is 0 Å². The maximum absolute atomic E-state index is 3.54. The second-order valence-electron chi connectivity index (χ2n) is 2.48. The highest BCUT2D eigenvalue weighted by molar-refractivity contribution is 9.09. The molecule has 0 aromatic carbocycles. The van der Waals surface area contributed by atoms with Gasteiger partial charge in [-0.05, 0) is 25.3 Å². The monoisotopic (exact) mass is 177 g/mol. The maximum Gasteiger partial charge on any atom is 0.0656 e. The summed E-state index contributed by atoms with van der Waals surface area (Å²) < 4.78 is 0. The summed E-state index contributed by atoms with van der Waals surface area (Å²) in [6.07, 6.45) is 2.70.